The number of nitrogens with one attached hydrogen (secondary N) is 1. The van der Waals surface area contributed by atoms with E-state index in [2.05, 4.69) is 12.2 Å². The summed E-state index contributed by atoms with van der Waals surface area (Å²) in [4.78, 5) is 12.8. The van der Waals surface area contributed by atoms with Gasteiger partial charge in [-0.2, -0.15) is 0 Å². The molecule has 4 atom stereocenters. The van der Waals surface area contributed by atoms with Gasteiger partial charge < -0.3 is 5.32 Å². The van der Waals surface area contributed by atoms with Crippen LogP contribution in [0.1, 0.15) is 48.5 Å². The molecule has 4 nitrogen and oxygen atoms in total. The Balaban J connectivity index is 1.75. The Kier molecular flexibility index (Phi) is 4.25. The van der Waals surface area contributed by atoms with E-state index >= 15 is 0 Å². The maximum absolute atomic E-state index is 12.6. The highest BCUT2D eigenvalue weighted by Crippen LogP contribution is 2.49. The third-order valence-electron chi connectivity index (χ3n) is 5.68. The minimum atomic E-state index is -3.31. The largest absolute Gasteiger partial charge is 0.349 e. The van der Waals surface area contributed by atoms with Crippen molar-refractivity contribution in [3.05, 3.63) is 29.3 Å². The molecule has 2 fully saturated rings. The zero-order valence-corrected chi connectivity index (χ0v) is 14.8. The molecule has 3 rings (SSSR count). The highest BCUT2D eigenvalue weighted by atomic mass is 32.2. The molecule has 2 bridgehead atoms. The minimum absolute atomic E-state index is 0.138. The van der Waals surface area contributed by atoms with Gasteiger partial charge in [0.05, 0.1) is 4.90 Å². The molecule has 2 saturated carbocycles. The third-order valence-corrected chi connectivity index (χ3v) is 6.79. The van der Waals surface area contributed by atoms with Crippen molar-refractivity contribution in [3.8, 4) is 0 Å². The van der Waals surface area contributed by atoms with Crippen LogP contribution in [0, 0.1) is 24.7 Å². The van der Waals surface area contributed by atoms with Crippen LogP contribution in [0.2, 0.25) is 0 Å². The van der Waals surface area contributed by atoms with Gasteiger partial charge in [0.15, 0.2) is 9.84 Å². The van der Waals surface area contributed by atoms with E-state index in [0.29, 0.717) is 11.5 Å². The predicted molar refractivity (Wildman–Crippen MR) is 90.2 cm³/mol. The van der Waals surface area contributed by atoms with E-state index in [1.807, 2.05) is 6.92 Å². The van der Waals surface area contributed by atoms with Crippen molar-refractivity contribution >= 4 is 15.7 Å². The number of amides is 1. The van der Waals surface area contributed by atoms with Crippen LogP contribution in [-0.4, -0.2) is 26.6 Å². The summed E-state index contributed by atoms with van der Waals surface area (Å²) >= 11 is 0. The second-order valence-corrected chi connectivity index (χ2v) is 9.37. The first-order chi connectivity index (χ1) is 10.8. The number of hydrogen-bond acceptors (Lipinski definition) is 3. The predicted octanol–water partition coefficient (Wildman–Crippen LogP) is 2.95. The normalized spacial score (nSPS) is 27.9. The molecule has 0 heterocycles. The Morgan fingerprint density at radius 1 is 1.26 bits per heavy atom. The van der Waals surface area contributed by atoms with Crippen molar-refractivity contribution in [2.45, 2.75) is 50.5 Å². The second kappa shape index (κ2) is 5.93. The van der Waals surface area contributed by atoms with Gasteiger partial charge in [-0.25, -0.2) is 8.42 Å². The number of sulfone groups is 1. The van der Waals surface area contributed by atoms with Crippen molar-refractivity contribution in [2.75, 3.05) is 6.26 Å². The molecule has 2 aliphatic rings. The van der Waals surface area contributed by atoms with Gasteiger partial charge in [0.2, 0.25) is 0 Å². The lowest BCUT2D eigenvalue weighted by Gasteiger charge is -2.28. The third kappa shape index (κ3) is 3.30. The molecule has 5 heteroatoms. The van der Waals surface area contributed by atoms with Gasteiger partial charge >= 0.3 is 0 Å². The fourth-order valence-electron chi connectivity index (χ4n) is 4.37. The van der Waals surface area contributed by atoms with Crippen LogP contribution in [0.25, 0.3) is 0 Å². The number of carbonyl (C=O) groups excluding carboxylic acids is 1. The van der Waals surface area contributed by atoms with E-state index in [9.17, 15) is 13.2 Å². The Morgan fingerprint density at radius 3 is 2.57 bits per heavy atom. The molecule has 0 unspecified atom stereocenters. The van der Waals surface area contributed by atoms with E-state index < -0.39 is 9.84 Å². The van der Waals surface area contributed by atoms with Gasteiger partial charge in [-0.15, -0.1) is 0 Å². The average molecular weight is 335 g/mol. The highest BCUT2D eigenvalue weighted by Gasteiger charge is 2.42. The maximum atomic E-state index is 12.6. The van der Waals surface area contributed by atoms with Crippen molar-refractivity contribution < 1.29 is 13.2 Å². The summed E-state index contributed by atoms with van der Waals surface area (Å²) in [5.41, 5.74) is 1.26. The first kappa shape index (κ1) is 16.5. The van der Waals surface area contributed by atoms with Crippen molar-refractivity contribution in [3.63, 3.8) is 0 Å². The maximum Gasteiger partial charge on any atom is 0.251 e. The molecule has 1 N–H and O–H groups in total. The van der Waals surface area contributed by atoms with Gasteiger partial charge in [0, 0.05) is 17.9 Å². The molecular weight excluding hydrogens is 310 g/mol. The van der Waals surface area contributed by atoms with Crippen molar-refractivity contribution in [2.24, 2.45) is 17.8 Å². The SMILES string of the molecule is Cc1ccc(S(C)(=O)=O)cc1C(=O)N[C@@H](C)[C@H]1C[C@H]2CC[C@H]1C2. The van der Waals surface area contributed by atoms with Gasteiger partial charge in [-0.3, -0.25) is 4.79 Å². The molecule has 0 aliphatic heterocycles. The lowest BCUT2D eigenvalue weighted by molar-refractivity contribution is 0.0914. The van der Waals surface area contributed by atoms with Gasteiger partial charge in [0.25, 0.3) is 5.91 Å². The molecule has 1 aromatic rings. The molecular formula is C18H25NO3S. The summed E-state index contributed by atoms with van der Waals surface area (Å²) < 4.78 is 23.4. The molecule has 126 valence electrons. The van der Waals surface area contributed by atoms with E-state index in [4.69, 9.17) is 0 Å². The van der Waals surface area contributed by atoms with Gasteiger partial charge in [-0.05, 0) is 68.6 Å². The van der Waals surface area contributed by atoms with Crippen molar-refractivity contribution in [1.82, 2.24) is 5.32 Å². The monoisotopic (exact) mass is 335 g/mol. The van der Waals surface area contributed by atoms with E-state index in [0.717, 1.165) is 23.7 Å². The quantitative estimate of drug-likeness (QED) is 0.920. The second-order valence-electron chi connectivity index (χ2n) is 7.35. The summed E-state index contributed by atoms with van der Waals surface area (Å²) in [7, 11) is -3.31. The van der Waals surface area contributed by atoms with E-state index in [1.165, 1.54) is 31.7 Å². The first-order valence-corrected chi connectivity index (χ1v) is 10.3. The summed E-state index contributed by atoms with van der Waals surface area (Å²) in [6, 6.07) is 4.89. The topological polar surface area (TPSA) is 63.2 Å². The number of fused-ring (bicyclic) bond motifs is 2. The lowest BCUT2D eigenvalue weighted by atomic mass is 9.84. The molecule has 2 aliphatic carbocycles. The van der Waals surface area contributed by atoms with Crippen LogP contribution in [-0.2, 0) is 9.84 Å². The number of hydrogen-bond donors (Lipinski definition) is 1. The smallest absolute Gasteiger partial charge is 0.251 e. The van der Waals surface area contributed by atoms with Gasteiger partial charge in [0.1, 0.15) is 0 Å². The van der Waals surface area contributed by atoms with Crippen molar-refractivity contribution in [1.29, 1.82) is 0 Å². The highest BCUT2D eigenvalue weighted by molar-refractivity contribution is 7.90. The fraction of sp³-hybridized carbons (Fsp3) is 0.611. The first-order valence-electron chi connectivity index (χ1n) is 8.37. The molecule has 1 aromatic carbocycles. The fourth-order valence-corrected chi connectivity index (χ4v) is 5.02. The van der Waals surface area contributed by atoms with Crippen LogP contribution < -0.4 is 5.32 Å². The molecule has 1 amide bonds. The van der Waals surface area contributed by atoms with Gasteiger partial charge in [-0.1, -0.05) is 12.5 Å². The zero-order valence-electron chi connectivity index (χ0n) is 14.0. The summed E-state index contributed by atoms with van der Waals surface area (Å²) in [5.74, 6) is 2.00. The standard InChI is InChI=1S/C18H25NO3S/c1-11-4-7-15(23(3,21)22)10-16(11)18(20)19-12(2)17-9-13-5-6-14(17)8-13/h4,7,10,12-14,17H,5-6,8-9H2,1-3H3,(H,19,20)/t12-,13-,14-,17+/m0/s1. The van der Waals surface area contributed by atoms with E-state index in [-0.39, 0.29) is 16.8 Å². The summed E-state index contributed by atoms with van der Waals surface area (Å²) in [6.45, 7) is 3.92. The van der Waals surface area contributed by atoms with Crippen LogP contribution in [0.15, 0.2) is 23.1 Å². The average Bonchev–Trinajstić information content (AvgIpc) is 3.08. The minimum Gasteiger partial charge on any atom is -0.349 e. The van der Waals surface area contributed by atoms with Crippen LogP contribution in [0.5, 0.6) is 0 Å². The number of carbonyl (C=O) groups is 1. The summed E-state index contributed by atoms with van der Waals surface area (Å²) in [5, 5.41) is 3.11. The van der Waals surface area contributed by atoms with Crippen LogP contribution in [0.3, 0.4) is 0 Å². The Hall–Kier alpha value is -1.36. The Bertz CT molecular complexity index is 726. The number of aryl methyl sites for hydroxylation is 1. The molecule has 0 radical (unpaired) electrons. The van der Waals surface area contributed by atoms with Crippen LogP contribution >= 0.6 is 0 Å². The Labute approximate surface area is 138 Å². The Morgan fingerprint density at radius 2 is 2.00 bits per heavy atom. The molecule has 0 saturated heterocycles. The molecule has 23 heavy (non-hydrogen) atoms. The van der Waals surface area contributed by atoms with Crippen LogP contribution in [0.4, 0.5) is 0 Å². The molecule has 0 spiro atoms. The van der Waals surface area contributed by atoms with E-state index in [1.54, 1.807) is 12.1 Å². The summed E-state index contributed by atoms with van der Waals surface area (Å²) in [6.07, 6.45) is 6.33. The zero-order chi connectivity index (χ0) is 16.8. The lowest BCUT2D eigenvalue weighted by Crippen LogP contribution is -2.40. The molecule has 0 aromatic heterocycles. The number of benzene rings is 1. The number of rotatable bonds is 4.